The summed E-state index contributed by atoms with van der Waals surface area (Å²) in [5, 5.41) is 1.27. The zero-order valence-corrected chi connectivity index (χ0v) is 13.7. The van der Waals surface area contributed by atoms with Crippen LogP contribution in [0.15, 0.2) is 30.3 Å². The molecule has 7 heteroatoms. The van der Waals surface area contributed by atoms with E-state index in [1.54, 1.807) is 12.1 Å². The van der Waals surface area contributed by atoms with Gasteiger partial charge in [0.2, 0.25) is 5.95 Å². The molecule has 0 radical (unpaired) electrons. The van der Waals surface area contributed by atoms with Crippen molar-refractivity contribution >= 4 is 34.3 Å². The van der Waals surface area contributed by atoms with Crippen molar-refractivity contribution in [2.24, 2.45) is 0 Å². The molecule has 0 amide bonds. The van der Waals surface area contributed by atoms with E-state index in [1.165, 1.54) is 0 Å². The van der Waals surface area contributed by atoms with E-state index in [2.05, 4.69) is 9.97 Å². The van der Waals surface area contributed by atoms with Crippen LogP contribution in [0.3, 0.4) is 0 Å². The van der Waals surface area contributed by atoms with Crippen molar-refractivity contribution < 1.29 is 9.47 Å². The molecule has 1 unspecified atom stereocenters. The zero-order chi connectivity index (χ0) is 16.8. The van der Waals surface area contributed by atoms with Gasteiger partial charge in [-0.3, -0.25) is 0 Å². The van der Waals surface area contributed by atoms with Crippen LogP contribution in [0.25, 0.3) is 10.9 Å². The average molecular weight is 343 g/mol. The van der Waals surface area contributed by atoms with E-state index in [1.807, 2.05) is 25.1 Å². The van der Waals surface area contributed by atoms with Crippen LogP contribution in [-0.4, -0.2) is 16.1 Å². The molecule has 2 heterocycles. The second-order valence-electron chi connectivity index (χ2n) is 5.74. The Labute approximate surface area is 143 Å². The van der Waals surface area contributed by atoms with Crippen LogP contribution in [0.4, 0.5) is 11.8 Å². The number of anilines is 2. The van der Waals surface area contributed by atoms with Gasteiger partial charge in [-0.2, -0.15) is 4.98 Å². The lowest BCUT2D eigenvalue weighted by Crippen LogP contribution is -2.06. The van der Waals surface area contributed by atoms with Crippen LogP contribution in [0.5, 0.6) is 17.2 Å². The lowest BCUT2D eigenvalue weighted by molar-refractivity contribution is 0.257. The summed E-state index contributed by atoms with van der Waals surface area (Å²) >= 11 is 6.03. The first-order valence-corrected chi connectivity index (χ1v) is 7.87. The maximum Gasteiger partial charge on any atom is 0.222 e. The van der Waals surface area contributed by atoms with Crippen molar-refractivity contribution in [1.29, 1.82) is 0 Å². The number of rotatable bonds is 2. The molecular formula is C17H15ClN4O2. The average Bonchev–Trinajstić information content (AvgIpc) is 2.88. The fraction of sp³-hybridized carbons (Fsp3) is 0.176. The van der Waals surface area contributed by atoms with Gasteiger partial charge < -0.3 is 20.9 Å². The Kier molecular flexibility index (Phi) is 3.35. The van der Waals surface area contributed by atoms with Crippen molar-refractivity contribution in [3.05, 3.63) is 40.9 Å². The number of hydrogen-bond acceptors (Lipinski definition) is 6. The van der Waals surface area contributed by atoms with Crippen LogP contribution in [0, 0.1) is 0 Å². The summed E-state index contributed by atoms with van der Waals surface area (Å²) in [6.07, 6.45) is 0.731. The number of hydrogen-bond donors (Lipinski definition) is 2. The third-order valence-electron chi connectivity index (χ3n) is 3.88. The van der Waals surface area contributed by atoms with E-state index in [4.69, 9.17) is 32.5 Å². The van der Waals surface area contributed by atoms with Crippen molar-refractivity contribution in [2.75, 3.05) is 11.5 Å². The minimum Gasteiger partial charge on any atom is -0.489 e. The quantitative estimate of drug-likeness (QED) is 0.739. The summed E-state index contributed by atoms with van der Waals surface area (Å²) in [4.78, 5) is 8.30. The monoisotopic (exact) mass is 342 g/mol. The number of aromatic nitrogens is 2. The lowest BCUT2D eigenvalue weighted by Gasteiger charge is -2.13. The summed E-state index contributed by atoms with van der Waals surface area (Å²) in [5.41, 5.74) is 13.3. The summed E-state index contributed by atoms with van der Waals surface area (Å²) in [6, 6.07) is 9.02. The molecule has 0 aliphatic carbocycles. The molecular weight excluding hydrogens is 328 g/mol. The normalized spacial score (nSPS) is 16.0. The van der Waals surface area contributed by atoms with Crippen molar-refractivity contribution in [1.82, 2.24) is 9.97 Å². The topological polar surface area (TPSA) is 96.3 Å². The minimum absolute atomic E-state index is 0.0178. The SMILES string of the molecule is CC1Cc2c(Oc3cccc(Cl)c3)cc3nc(N)nc(N)c3c2O1. The Hall–Kier alpha value is -2.73. The fourth-order valence-electron chi connectivity index (χ4n) is 2.93. The smallest absolute Gasteiger partial charge is 0.222 e. The van der Waals surface area contributed by atoms with Gasteiger partial charge in [-0.15, -0.1) is 0 Å². The summed E-state index contributed by atoms with van der Waals surface area (Å²) in [7, 11) is 0. The minimum atomic E-state index is 0.0178. The standard InChI is InChI=1S/C17H15ClN4O2/c1-8-5-11-13(24-10-4-2-3-9(18)6-10)7-12-14(15(11)23-8)16(19)22-17(20)21-12/h2-4,6-8H,5H2,1H3,(H4,19,20,21,22). The third-order valence-corrected chi connectivity index (χ3v) is 4.12. The van der Waals surface area contributed by atoms with Gasteiger partial charge in [0.05, 0.1) is 10.9 Å². The number of nitrogens with zero attached hydrogens (tertiary/aromatic N) is 2. The van der Waals surface area contributed by atoms with E-state index in [9.17, 15) is 0 Å². The van der Waals surface area contributed by atoms with E-state index in [0.29, 0.717) is 45.4 Å². The number of halogens is 1. The van der Waals surface area contributed by atoms with E-state index in [0.717, 1.165) is 5.56 Å². The Morgan fingerprint density at radius 1 is 1.25 bits per heavy atom. The molecule has 6 nitrogen and oxygen atoms in total. The molecule has 0 saturated carbocycles. The van der Waals surface area contributed by atoms with Gasteiger partial charge in [0.25, 0.3) is 0 Å². The summed E-state index contributed by atoms with van der Waals surface area (Å²) in [6.45, 7) is 1.99. The number of fused-ring (bicyclic) bond motifs is 3. The predicted molar refractivity (Wildman–Crippen MR) is 93.7 cm³/mol. The van der Waals surface area contributed by atoms with Gasteiger partial charge in [-0.25, -0.2) is 4.98 Å². The molecule has 1 atom stereocenters. The van der Waals surface area contributed by atoms with Crippen molar-refractivity contribution in [2.45, 2.75) is 19.4 Å². The summed E-state index contributed by atoms with van der Waals surface area (Å²) in [5.74, 6) is 2.37. The number of nitrogen functional groups attached to an aromatic ring is 2. The second kappa shape index (κ2) is 5.42. The highest BCUT2D eigenvalue weighted by atomic mass is 35.5. The molecule has 0 fully saturated rings. The lowest BCUT2D eigenvalue weighted by atomic mass is 10.1. The summed E-state index contributed by atoms with van der Waals surface area (Å²) < 4.78 is 12.0. The van der Waals surface area contributed by atoms with E-state index >= 15 is 0 Å². The Morgan fingerprint density at radius 3 is 2.88 bits per heavy atom. The first kappa shape index (κ1) is 14.8. The molecule has 4 rings (SSSR count). The molecule has 24 heavy (non-hydrogen) atoms. The Bertz CT molecular complexity index is 961. The van der Waals surface area contributed by atoms with Crippen LogP contribution in [-0.2, 0) is 6.42 Å². The fourth-order valence-corrected chi connectivity index (χ4v) is 3.11. The number of ether oxygens (including phenoxy) is 2. The number of nitrogens with two attached hydrogens (primary N) is 2. The molecule has 1 aliphatic rings. The predicted octanol–water partition coefficient (Wildman–Crippen LogP) is 3.56. The van der Waals surface area contributed by atoms with Crippen molar-refractivity contribution in [3.63, 3.8) is 0 Å². The van der Waals surface area contributed by atoms with Gasteiger partial charge >= 0.3 is 0 Å². The van der Waals surface area contributed by atoms with E-state index in [-0.39, 0.29) is 12.1 Å². The Balaban J connectivity index is 1.91. The van der Waals surface area contributed by atoms with Crippen molar-refractivity contribution in [3.8, 4) is 17.2 Å². The molecule has 122 valence electrons. The van der Waals surface area contributed by atoms with Gasteiger partial charge in [0.15, 0.2) is 0 Å². The van der Waals surface area contributed by atoms with Gasteiger partial charge in [-0.05, 0) is 25.1 Å². The number of benzene rings is 2. The van der Waals surface area contributed by atoms with Gasteiger partial charge in [-0.1, -0.05) is 17.7 Å². The molecule has 3 aromatic rings. The highest BCUT2D eigenvalue weighted by Crippen LogP contribution is 2.45. The third kappa shape index (κ3) is 2.45. The van der Waals surface area contributed by atoms with Gasteiger partial charge in [0, 0.05) is 23.1 Å². The Morgan fingerprint density at radius 2 is 2.08 bits per heavy atom. The molecule has 0 bridgehead atoms. The molecule has 2 aromatic carbocycles. The zero-order valence-electron chi connectivity index (χ0n) is 12.9. The van der Waals surface area contributed by atoms with Crippen LogP contribution >= 0.6 is 11.6 Å². The maximum atomic E-state index is 6.03. The molecule has 1 aromatic heterocycles. The highest BCUT2D eigenvalue weighted by Gasteiger charge is 2.28. The molecule has 1 aliphatic heterocycles. The first-order valence-electron chi connectivity index (χ1n) is 7.50. The first-order chi connectivity index (χ1) is 11.5. The van der Waals surface area contributed by atoms with Crippen LogP contribution in [0.2, 0.25) is 5.02 Å². The molecule has 4 N–H and O–H groups in total. The van der Waals surface area contributed by atoms with E-state index < -0.39 is 0 Å². The maximum absolute atomic E-state index is 6.03. The molecule has 0 spiro atoms. The molecule has 0 saturated heterocycles. The van der Waals surface area contributed by atoms with Crippen LogP contribution in [0.1, 0.15) is 12.5 Å². The highest BCUT2D eigenvalue weighted by molar-refractivity contribution is 6.30. The van der Waals surface area contributed by atoms with Gasteiger partial charge in [0.1, 0.15) is 29.2 Å². The second-order valence-corrected chi connectivity index (χ2v) is 6.17. The van der Waals surface area contributed by atoms with Crippen LogP contribution < -0.4 is 20.9 Å². The largest absolute Gasteiger partial charge is 0.489 e.